The van der Waals surface area contributed by atoms with Crippen LogP contribution in [0, 0.1) is 6.92 Å². The summed E-state index contributed by atoms with van der Waals surface area (Å²) < 4.78 is 18.4. The minimum Gasteiger partial charge on any atom is -0.483 e. The topological polar surface area (TPSA) is 154 Å². The summed E-state index contributed by atoms with van der Waals surface area (Å²) in [5.74, 6) is 1.63. The number of hydrogen-bond acceptors (Lipinski definition) is 10. The number of carbonyl (C=O) groups is 1. The molecule has 12 heteroatoms. The smallest absolute Gasteiger partial charge is 0.290 e. The highest BCUT2D eigenvalue weighted by atomic mass is 16.5. The van der Waals surface area contributed by atoms with Gasteiger partial charge in [-0.25, -0.2) is 9.67 Å². The molecule has 0 saturated carbocycles. The summed E-state index contributed by atoms with van der Waals surface area (Å²) in [6.07, 6.45) is 5.90. The van der Waals surface area contributed by atoms with Crippen molar-refractivity contribution >= 4 is 23.2 Å². The summed E-state index contributed by atoms with van der Waals surface area (Å²) in [5.41, 5.74) is 3.26. The Morgan fingerprint density at radius 1 is 1.27 bits per heavy atom. The molecule has 0 radical (unpaired) electrons. The SMILES string of the molecule is CCn1ncc2c(NC3CCOCC3)c(-c3nnc(Cc4cc(C)on4)o3)cnc21.O=CO. The number of fused-ring (bicyclic) bond motifs is 1. The molecular formula is C21H25N7O5. The Bertz CT molecular complexity index is 1210. The van der Waals surface area contributed by atoms with Crippen LogP contribution in [0.1, 0.15) is 37.1 Å². The van der Waals surface area contributed by atoms with E-state index in [0.29, 0.717) is 24.2 Å². The maximum atomic E-state index is 8.36. The summed E-state index contributed by atoms with van der Waals surface area (Å²) in [6, 6.07) is 2.16. The Balaban J connectivity index is 0.000000821. The van der Waals surface area contributed by atoms with E-state index in [1.54, 1.807) is 6.20 Å². The number of carboxylic acid groups (broad SMARTS) is 1. The first-order chi connectivity index (χ1) is 16.1. The summed E-state index contributed by atoms with van der Waals surface area (Å²) >= 11 is 0. The average Bonchev–Trinajstić information content (AvgIpc) is 3.55. The zero-order valence-electron chi connectivity index (χ0n) is 18.4. The molecule has 1 aliphatic heterocycles. The third-order valence-corrected chi connectivity index (χ3v) is 5.24. The van der Waals surface area contributed by atoms with Crippen molar-refractivity contribution < 1.29 is 23.6 Å². The first kappa shape index (κ1) is 22.4. The molecule has 1 fully saturated rings. The van der Waals surface area contributed by atoms with Gasteiger partial charge in [0.2, 0.25) is 5.89 Å². The van der Waals surface area contributed by atoms with Crippen LogP contribution in [0.25, 0.3) is 22.5 Å². The van der Waals surface area contributed by atoms with Crippen LogP contribution >= 0.6 is 0 Å². The van der Waals surface area contributed by atoms with E-state index in [2.05, 4.69) is 30.8 Å². The van der Waals surface area contributed by atoms with Gasteiger partial charge in [-0.2, -0.15) is 5.10 Å². The first-order valence-electron chi connectivity index (χ1n) is 10.6. The quantitative estimate of drug-likeness (QED) is 0.412. The lowest BCUT2D eigenvalue weighted by molar-refractivity contribution is -0.122. The third-order valence-electron chi connectivity index (χ3n) is 5.24. The number of ether oxygens (including phenoxy) is 1. The Hall–Kier alpha value is -3.80. The van der Waals surface area contributed by atoms with Gasteiger partial charge in [-0.15, -0.1) is 10.2 Å². The largest absolute Gasteiger partial charge is 0.483 e. The summed E-state index contributed by atoms with van der Waals surface area (Å²) in [4.78, 5) is 13.0. The van der Waals surface area contributed by atoms with Crippen molar-refractivity contribution in [2.45, 2.75) is 45.7 Å². The molecule has 4 aromatic heterocycles. The molecule has 4 aromatic rings. The molecule has 1 saturated heterocycles. The molecule has 0 aromatic carbocycles. The Morgan fingerprint density at radius 2 is 2.06 bits per heavy atom. The predicted molar refractivity (Wildman–Crippen MR) is 117 cm³/mol. The minimum absolute atomic E-state index is 0.250. The number of nitrogens with zero attached hydrogens (tertiary/aromatic N) is 6. The molecule has 0 atom stereocenters. The van der Waals surface area contributed by atoms with E-state index in [-0.39, 0.29) is 6.47 Å². The van der Waals surface area contributed by atoms with Crippen molar-refractivity contribution in [2.24, 2.45) is 0 Å². The molecule has 33 heavy (non-hydrogen) atoms. The van der Waals surface area contributed by atoms with Crippen LogP contribution in [-0.4, -0.2) is 61.0 Å². The number of hydrogen-bond donors (Lipinski definition) is 2. The van der Waals surface area contributed by atoms with Crippen molar-refractivity contribution in [2.75, 3.05) is 18.5 Å². The van der Waals surface area contributed by atoms with Crippen LogP contribution < -0.4 is 5.32 Å². The number of pyridine rings is 1. The summed E-state index contributed by atoms with van der Waals surface area (Å²) in [5, 5.41) is 28.4. The molecule has 12 nitrogen and oxygen atoms in total. The predicted octanol–water partition coefficient (Wildman–Crippen LogP) is 2.68. The van der Waals surface area contributed by atoms with Crippen LogP contribution in [-0.2, 0) is 22.5 Å². The van der Waals surface area contributed by atoms with Crippen LogP contribution in [0.3, 0.4) is 0 Å². The maximum absolute atomic E-state index is 8.36. The molecule has 0 spiro atoms. The molecule has 0 amide bonds. The van der Waals surface area contributed by atoms with Gasteiger partial charge in [0, 0.05) is 38.1 Å². The number of aromatic nitrogens is 6. The average molecular weight is 455 g/mol. The third kappa shape index (κ3) is 5.00. The van der Waals surface area contributed by atoms with Gasteiger partial charge in [0.15, 0.2) is 5.65 Å². The maximum Gasteiger partial charge on any atom is 0.290 e. The number of nitrogens with one attached hydrogen (secondary N) is 1. The fourth-order valence-electron chi connectivity index (χ4n) is 3.71. The highest BCUT2D eigenvalue weighted by molar-refractivity contribution is 5.96. The van der Waals surface area contributed by atoms with Gasteiger partial charge < -0.3 is 24.1 Å². The van der Waals surface area contributed by atoms with E-state index < -0.39 is 0 Å². The van der Waals surface area contributed by atoms with E-state index in [1.165, 1.54) is 0 Å². The first-order valence-corrected chi connectivity index (χ1v) is 10.6. The van der Waals surface area contributed by atoms with Crippen molar-refractivity contribution in [3.8, 4) is 11.5 Å². The molecule has 0 aliphatic carbocycles. The van der Waals surface area contributed by atoms with Crippen LogP contribution in [0.2, 0.25) is 0 Å². The van der Waals surface area contributed by atoms with Gasteiger partial charge in [-0.1, -0.05) is 5.16 Å². The second-order valence-electron chi connectivity index (χ2n) is 7.49. The number of anilines is 1. The van der Waals surface area contributed by atoms with Crippen LogP contribution in [0.5, 0.6) is 0 Å². The van der Waals surface area contributed by atoms with Gasteiger partial charge in [-0.3, -0.25) is 4.79 Å². The number of aryl methyl sites for hydroxylation is 2. The minimum atomic E-state index is -0.250. The van der Waals surface area contributed by atoms with E-state index in [0.717, 1.165) is 66.3 Å². The van der Waals surface area contributed by atoms with E-state index in [4.69, 9.17) is 23.6 Å². The fraction of sp³-hybridized carbons (Fsp3) is 0.429. The second-order valence-corrected chi connectivity index (χ2v) is 7.49. The zero-order chi connectivity index (χ0) is 23.2. The van der Waals surface area contributed by atoms with E-state index in [1.807, 2.05) is 30.8 Å². The Morgan fingerprint density at radius 3 is 2.76 bits per heavy atom. The fourth-order valence-corrected chi connectivity index (χ4v) is 3.71. The van der Waals surface area contributed by atoms with E-state index >= 15 is 0 Å². The number of rotatable bonds is 6. The van der Waals surface area contributed by atoms with E-state index in [9.17, 15) is 0 Å². The molecule has 2 N–H and O–H groups in total. The lowest BCUT2D eigenvalue weighted by Gasteiger charge is -2.25. The van der Waals surface area contributed by atoms with Crippen molar-refractivity contribution in [1.82, 2.24) is 30.1 Å². The van der Waals surface area contributed by atoms with Crippen molar-refractivity contribution in [3.05, 3.63) is 35.8 Å². The summed E-state index contributed by atoms with van der Waals surface area (Å²) in [7, 11) is 0. The lowest BCUT2D eigenvalue weighted by atomic mass is 10.1. The second kappa shape index (κ2) is 10.2. The van der Waals surface area contributed by atoms with Gasteiger partial charge in [0.25, 0.3) is 12.4 Å². The van der Waals surface area contributed by atoms with Gasteiger partial charge >= 0.3 is 0 Å². The monoisotopic (exact) mass is 455 g/mol. The molecule has 0 unspecified atom stereocenters. The van der Waals surface area contributed by atoms with Gasteiger partial charge in [-0.05, 0) is 26.7 Å². The van der Waals surface area contributed by atoms with Crippen LogP contribution in [0.4, 0.5) is 5.69 Å². The van der Waals surface area contributed by atoms with Gasteiger partial charge in [0.05, 0.1) is 34.9 Å². The molecule has 0 bridgehead atoms. The normalized spacial score (nSPS) is 14.1. The van der Waals surface area contributed by atoms with Crippen molar-refractivity contribution in [3.63, 3.8) is 0 Å². The van der Waals surface area contributed by atoms with Crippen LogP contribution in [0.15, 0.2) is 27.4 Å². The lowest BCUT2D eigenvalue weighted by Crippen LogP contribution is -2.28. The highest BCUT2D eigenvalue weighted by Gasteiger charge is 2.22. The molecule has 5 heterocycles. The standard InChI is InChI=1S/C20H23N7O3.CH2O2/c1-3-27-19-15(11-22-27)18(23-13-4-6-28-7-5-13)16(10-21-19)20-25-24-17(29-20)9-14-8-12(2)30-26-14;2-1-3/h8,10-11,13H,3-7,9H2,1-2H3,(H,21,23);1H,(H,2,3). The highest BCUT2D eigenvalue weighted by Crippen LogP contribution is 2.34. The Labute approximate surface area is 188 Å². The van der Waals surface area contributed by atoms with Gasteiger partial charge in [0.1, 0.15) is 5.76 Å². The molecular weight excluding hydrogens is 430 g/mol. The molecule has 174 valence electrons. The summed E-state index contributed by atoms with van der Waals surface area (Å²) in [6.45, 7) is 5.88. The zero-order valence-corrected chi connectivity index (χ0v) is 18.4. The molecule has 5 rings (SSSR count). The molecule has 1 aliphatic rings. The Kier molecular flexibility index (Phi) is 6.93. The van der Waals surface area contributed by atoms with Crippen molar-refractivity contribution in [1.29, 1.82) is 0 Å².